The van der Waals surface area contributed by atoms with E-state index in [0.29, 0.717) is 31.7 Å². The quantitative estimate of drug-likeness (QED) is 0.594. The summed E-state index contributed by atoms with van der Waals surface area (Å²) in [5, 5.41) is 13.8. The number of hydrogen-bond acceptors (Lipinski definition) is 4. The molecule has 0 bridgehead atoms. The summed E-state index contributed by atoms with van der Waals surface area (Å²) >= 11 is 0. The molecule has 8 heteroatoms. The summed E-state index contributed by atoms with van der Waals surface area (Å²) in [4.78, 5) is 38.6. The molecule has 0 aromatic heterocycles. The third-order valence-electron chi connectivity index (χ3n) is 5.08. The van der Waals surface area contributed by atoms with Gasteiger partial charge in [-0.15, -0.1) is 0 Å². The number of carbonyl (C=O) groups excluding carboxylic acids is 2. The van der Waals surface area contributed by atoms with Crippen LogP contribution in [0.15, 0.2) is 54.6 Å². The normalized spacial score (nSPS) is 15.7. The van der Waals surface area contributed by atoms with E-state index in [0.717, 1.165) is 4.90 Å². The number of hydrogen-bond donors (Lipinski definition) is 2. The average Bonchev–Trinajstić information content (AvgIpc) is 2.73. The number of nitrogens with zero attached hydrogens (tertiary/aromatic N) is 2. The van der Waals surface area contributed by atoms with Crippen LogP contribution in [-0.2, 0) is 4.79 Å². The Labute approximate surface area is 162 Å². The molecule has 0 aliphatic carbocycles. The maximum Gasteiger partial charge on any atom is 0.292 e. The number of para-hydroxylation sites is 2. The first-order valence-corrected chi connectivity index (χ1v) is 9.20. The zero-order chi connectivity index (χ0) is 20.1. The second-order valence-corrected chi connectivity index (χ2v) is 6.80. The van der Waals surface area contributed by atoms with Gasteiger partial charge in [0.05, 0.1) is 31.1 Å². The zero-order valence-corrected chi connectivity index (χ0v) is 15.6. The molecule has 8 nitrogen and oxygen atoms in total. The maximum atomic E-state index is 12.6. The smallest absolute Gasteiger partial charge is 0.292 e. The molecule has 1 saturated heterocycles. The Morgan fingerprint density at radius 2 is 1.68 bits per heavy atom. The molecule has 2 N–H and O–H groups in total. The fourth-order valence-corrected chi connectivity index (χ4v) is 3.36. The number of benzene rings is 2. The van der Waals surface area contributed by atoms with Crippen LogP contribution in [0.1, 0.15) is 17.3 Å². The molecule has 1 fully saturated rings. The van der Waals surface area contributed by atoms with Crippen LogP contribution >= 0.6 is 0 Å². The first-order valence-electron chi connectivity index (χ1n) is 9.20. The van der Waals surface area contributed by atoms with Crippen molar-refractivity contribution >= 4 is 23.2 Å². The maximum absolute atomic E-state index is 12.6. The Bertz CT molecular complexity index is 864. The topological polar surface area (TPSA) is 97.0 Å². The number of anilines is 1. The Kier molecular flexibility index (Phi) is 6.00. The van der Waals surface area contributed by atoms with Gasteiger partial charge in [-0.2, -0.15) is 0 Å². The molecular weight excluding hydrogens is 360 g/mol. The molecule has 3 rings (SSSR count). The van der Waals surface area contributed by atoms with Crippen molar-refractivity contribution in [2.45, 2.75) is 13.0 Å². The largest absolute Gasteiger partial charge is 0.327 e. The van der Waals surface area contributed by atoms with Crippen LogP contribution in [0.3, 0.4) is 0 Å². The van der Waals surface area contributed by atoms with E-state index in [1.54, 1.807) is 36.1 Å². The molecule has 1 heterocycles. The summed E-state index contributed by atoms with van der Waals surface area (Å²) in [7, 11) is 0. The summed E-state index contributed by atoms with van der Waals surface area (Å²) < 4.78 is 0. The van der Waals surface area contributed by atoms with E-state index >= 15 is 0 Å². The van der Waals surface area contributed by atoms with Crippen LogP contribution in [0.2, 0.25) is 0 Å². The molecule has 0 spiro atoms. The summed E-state index contributed by atoms with van der Waals surface area (Å²) in [5.41, 5.74) is 0.728. The van der Waals surface area contributed by atoms with E-state index in [-0.39, 0.29) is 29.2 Å². The van der Waals surface area contributed by atoms with Crippen LogP contribution in [0.5, 0.6) is 0 Å². The Balaban J connectivity index is 1.58. The van der Waals surface area contributed by atoms with Gasteiger partial charge in [-0.3, -0.25) is 19.7 Å². The number of quaternary nitrogens is 1. The summed E-state index contributed by atoms with van der Waals surface area (Å²) in [6.45, 7) is 4.21. The van der Waals surface area contributed by atoms with Gasteiger partial charge in [0.1, 0.15) is 5.69 Å². The number of rotatable bonds is 5. The second-order valence-electron chi connectivity index (χ2n) is 6.80. The number of nitro groups is 1. The van der Waals surface area contributed by atoms with Crippen molar-refractivity contribution in [3.8, 4) is 0 Å². The van der Waals surface area contributed by atoms with Crippen LogP contribution < -0.4 is 10.2 Å². The SMILES string of the molecule is C[C@@H](C(=O)Nc1ccccc1[N+](=O)[O-])[NH+]1CCN(C(=O)c2ccccc2)CC1. The van der Waals surface area contributed by atoms with Crippen LogP contribution in [0, 0.1) is 10.1 Å². The minimum absolute atomic E-state index is 0.00309. The van der Waals surface area contributed by atoms with Gasteiger partial charge < -0.3 is 15.1 Å². The fourth-order valence-electron chi connectivity index (χ4n) is 3.36. The van der Waals surface area contributed by atoms with Crippen molar-refractivity contribution in [3.05, 3.63) is 70.3 Å². The van der Waals surface area contributed by atoms with Crippen LogP contribution in [-0.4, -0.2) is 53.9 Å². The predicted octanol–water partition coefficient (Wildman–Crippen LogP) is 0.963. The Hall–Kier alpha value is -3.26. The lowest BCUT2D eigenvalue weighted by molar-refractivity contribution is -0.917. The zero-order valence-electron chi connectivity index (χ0n) is 15.6. The molecule has 1 aliphatic rings. The molecule has 2 aromatic rings. The predicted molar refractivity (Wildman–Crippen MR) is 104 cm³/mol. The molecule has 0 radical (unpaired) electrons. The van der Waals surface area contributed by atoms with Crippen molar-refractivity contribution in [1.82, 2.24) is 4.90 Å². The van der Waals surface area contributed by atoms with Crippen molar-refractivity contribution in [2.75, 3.05) is 31.5 Å². The third kappa shape index (κ3) is 4.34. The van der Waals surface area contributed by atoms with Crippen molar-refractivity contribution < 1.29 is 19.4 Å². The van der Waals surface area contributed by atoms with Gasteiger partial charge in [-0.25, -0.2) is 0 Å². The summed E-state index contributed by atoms with van der Waals surface area (Å²) in [6, 6.07) is 14.8. The average molecular weight is 383 g/mol. The minimum atomic E-state index is -0.513. The van der Waals surface area contributed by atoms with Crippen LogP contribution in [0.25, 0.3) is 0 Å². The number of carbonyl (C=O) groups is 2. The highest BCUT2D eigenvalue weighted by molar-refractivity contribution is 5.96. The summed E-state index contributed by atoms with van der Waals surface area (Å²) in [5.74, 6) is -0.274. The molecule has 1 atom stereocenters. The van der Waals surface area contributed by atoms with E-state index in [1.807, 2.05) is 18.2 Å². The van der Waals surface area contributed by atoms with Gasteiger partial charge >= 0.3 is 0 Å². The van der Waals surface area contributed by atoms with Gasteiger partial charge in [-0.1, -0.05) is 30.3 Å². The molecule has 1 aliphatic heterocycles. The highest BCUT2D eigenvalue weighted by Crippen LogP contribution is 2.23. The molecular formula is C20H23N4O4+. The van der Waals surface area contributed by atoms with Gasteiger partial charge in [-0.05, 0) is 25.1 Å². The van der Waals surface area contributed by atoms with Gasteiger partial charge in [0.25, 0.3) is 17.5 Å². The van der Waals surface area contributed by atoms with E-state index in [2.05, 4.69) is 5.32 Å². The molecule has 0 unspecified atom stereocenters. The lowest BCUT2D eigenvalue weighted by Crippen LogP contribution is -3.19. The van der Waals surface area contributed by atoms with Crippen molar-refractivity contribution in [2.24, 2.45) is 0 Å². The first-order chi connectivity index (χ1) is 13.5. The van der Waals surface area contributed by atoms with Gasteiger partial charge in [0.15, 0.2) is 6.04 Å². The number of nitro benzene ring substituents is 1. The molecule has 28 heavy (non-hydrogen) atoms. The van der Waals surface area contributed by atoms with Gasteiger partial charge in [0, 0.05) is 11.6 Å². The van der Waals surface area contributed by atoms with E-state index in [9.17, 15) is 19.7 Å². The molecule has 2 aromatic carbocycles. The van der Waals surface area contributed by atoms with E-state index in [1.165, 1.54) is 12.1 Å². The highest BCUT2D eigenvalue weighted by atomic mass is 16.6. The van der Waals surface area contributed by atoms with Crippen molar-refractivity contribution in [1.29, 1.82) is 0 Å². The van der Waals surface area contributed by atoms with Gasteiger partial charge in [0.2, 0.25) is 0 Å². The molecule has 0 saturated carbocycles. The molecule has 146 valence electrons. The second kappa shape index (κ2) is 8.62. The Morgan fingerprint density at radius 1 is 1.07 bits per heavy atom. The monoisotopic (exact) mass is 383 g/mol. The van der Waals surface area contributed by atoms with E-state index < -0.39 is 4.92 Å². The number of piperazine rings is 1. The first kappa shape index (κ1) is 19.5. The standard InChI is InChI=1S/C20H22N4O4/c1-15(19(25)21-17-9-5-6-10-18(17)24(27)28)22-11-13-23(14-12-22)20(26)16-7-3-2-4-8-16/h2-10,15H,11-14H2,1H3,(H,21,25)/p+1/t15-/m0/s1. The highest BCUT2D eigenvalue weighted by Gasteiger charge is 2.31. The summed E-state index contributed by atoms with van der Waals surface area (Å²) in [6.07, 6.45) is 0. The fraction of sp³-hybridized carbons (Fsp3) is 0.300. The third-order valence-corrected chi connectivity index (χ3v) is 5.08. The minimum Gasteiger partial charge on any atom is -0.327 e. The molecule has 2 amide bonds. The lowest BCUT2D eigenvalue weighted by Gasteiger charge is -2.34. The number of nitrogens with one attached hydrogen (secondary N) is 2. The lowest BCUT2D eigenvalue weighted by atomic mass is 10.1. The Morgan fingerprint density at radius 3 is 2.32 bits per heavy atom. The van der Waals surface area contributed by atoms with E-state index in [4.69, 9.17) is 0 Å². The number of amides is 2. The van der Waals surface area contributed by atoms with Crippen molar-refractivity contribution in [3.63, 3.8) is 0 Å². The van der Waals surface area contributed by atoms with Crippen LogP contribution in [0.4, 0.5) is 11.4 Å².